The summed E-state index contributed by atoms with van der Waals surface area (Å²) >= 11 is 0. The van der Waals surface area contributed by atoms with E-state index in [1.807, 2.05) is 5.32 Å². The maximum Gasteiger partial charge on any atom is 0.405 e. The normalized spacial score (nSPS) is 16.9. The van der Waals surface area contributed by atoms with Gasteiger partial charge in [0.1, 0.15) is 12.4 Å². The minimum Gasteiger partial charge on any atom is -0.346 e. The molecule has 1 saturated carbocycles. The SMILES string of the molecule is O=C(CN[C@H](c1ccc(F)cc1)C1CCC1)NCC(F)(F)F. The van der Waals surface area contributed by atoms with Crippen LogP contribution in [0.25, 0.3) is 0 Å². The number of alkyl halides is 3. The van der Waals surface area contributed by atoms with Crippen molar-refractivity contribution >= 4 is 5.91 Å². The molecule has 0 saturated heterocycles. The maximum absolute atomic E-state index is 13.0. The molecule has 1 aromatic carbocycles. The molecule has 1 aliphatic carbocycles. The zero-order chi connectivity index (χ0) is 16.2. The molecule has 1 fully saturated rings. The van der Waals surface area contributed by atoms with E-state index in [1.165, 1.54) is 12.1 Å². The number of benzene rings is 1. The summed E-state index contributed by atoms with van der Waals surface area (Å²) in [4.78, 5) is 11.5. The van der Waals surface area contributed by atoms with Crippen LogP contribution < -0.4 is 10.6 Å². The van der Waals surface area contributed by atoms with Crippen LogP contribution in [0.2, 0.25) is 0 Å². The second-order valence-electron chi connectivity index (χ2n) is 5.49. The van der Waals surface area contributed by atoms with E-state index in [1.54, 1.807) is 12.1 Å². The molecule has 1 aromatic rings. The molecule has 1 aliphatic rings. The first-order chi connectivity index (χ1) is 10.3. The second kappa shape index (κ2) is 7.09. The Balaban J connectivity index is 1.90. The van der Waals surface area contributed by atoms with Crippen molar-refractivity contribution in [3.8, 4) is 0 Å². The lowest BCUT2D eigenvalue weighted by Gasteiger charge is -2.34. The third-order valence-corrected chi connectivity index (χ3v) is 3.82. The van der Waals surface area contributed by atoms with Crippen LogP contribution in [0, 0.1) is 11.7 Å². The third kappa shape index (κ3) is 4.98. The summed E-state index contributed by atoms with van der Waals surface area (Å²) in [5.74, 6) is -0.733. The largest absolute Gasteiger partial charge is 0.405 e. The van der Waals surface area contributed by atoms with Crippen molar-refractivity contribution in [1.29, 1.82) is 0 Å². The summed E-state index contributed by atoms with van der Waals surface area (Å²) in [5.41, 5.74) is 0.842. The molecule has 0 spiro atoms. The van der Waals surface area contributed by atoms with Gasteiger partial charge in [-0.05, 0) is 36.5 Å². The predicted molar refractivity (Wildman–Crippen MR) is 73.5 cm³/mol. The number of carbonyl (C=O) groups excluding carboxylic acids is 1. The Morgan fingerprint density at radius 3 is 2.36 bits per heavy atom. The first-order valence-electron chi connectivity index (χ1n) is 7.17. The van der Waals surface area contributed by atoms with E-state index >= 15 is 0 Å². The average molecular weight is 318 g/mol. The Kier molecular flexibility index (Phi) is 5.39. The van der Waals surface area contributed by atoms with Crippen LogP contribution in [0.3, 0.4) is 0 Å². The summed E-state index contributed by atoms with van der Waals surface area (Å²) in [7, 11) is 0. The maximum atomic E-state index is 13.0. The van der Waals surface area contributed by atoms with Crippen molar-refractivity contribution in [2.75, 3.05) is 13.1 Å². The quantitative estimate of drug-likeness (QED) is 0.792. The van der Waals surface area contributed by atoms with E-state index in [9.17, 15) is 22.4 Å². The first kappa shape index (κ1) is 16.7. The first-order valence-corrected chi connectivity index (χ1v) is 7.17. The zero-order valence-electron chi connectivity index (χ0n) is 11.9. The molecule has 0 radical (unpaired) electrons. The van der Waals surface area contributed by atoms with Crippen LogP contribution in [0.15, 0.2) is 24.3 Å². The molecular weight excluding hydrogens is 300 g/mol. The molecule has 2 rings (SSSR count). The Morgan fingerprint density at radius 2 is 1.86 bits per heavy atom. The highest BCUT2D eigenvalue weighted by molar-refractivity contribution is 5.78. The summed E-state index contributed by atoms with van der Waals surface area (Å²) in [6.07, 6.45) is -1.36. The number of nitrogens with one attached hydrogen (secondary N) is 2. The molecule has 0 aliphatic heterocycles. The van der Waals surface area contributed by atoms with Gasteiger partial charge in [0.15, 0.2) is 0 Å². The Bertz CT molecular complexity index is 497. The van der Waals surface area contributed by atoms with Crippen molar-refractivity contribution in [2.45, 2.75) is 31.5 Å². The lowest BCUT2D eigenvalue weighted by molar-refractivity contribution is -0.138. The Morgan fingerprint density at radius 1 is 1.23 bits per heavy atom. The molecule has 0 aromatic heterocycles. The molecule has 0 heterocycles. The van der Waals surface area contributed by atoms with E-state index < -0.39 is 18.6 Å². The van der Waals surface area contributed by atoms with Crippen molar-refractivity contribution in [1.82, 2.24) is 10.6 Å². The lowest BCUT2D eigenvalue weighted by atomic mass is 9.77. The molecule has 0 bridgehead atoms. The highest BCUT2D eigenvalue weighted by Gasteiger charge is 2.30. The number of carbonyl (C=O) groups is 1. The minimum absolute atomic E-state index is 0.147. The Labute approximate surface area is 126 Å². The summed E-state index contributed by atoms with van der Waals surface area (Å²) in [6, 6.07) is 5.81. The van der Waals surface area contributed by atoms with E-state index in [2.05, 4.69) is 5.32 Å². The van der Waals surface area contributed by atoms with Gasteiger partial charge in [0.25, 0.3) is 0 Å². The van der Waals surface area contributed by atoms with Crippen molar-refractivity contribution in [3.05, 3.63) is 35.6 Å². The van der Waals surface area contributed by atoms with Gasteiger partial charge in [-0.3, -0.25) is 4.79 Å². The summed E-state index contributed by atoms with van der Waals surface area (Å²) in [6.45, 7) is -1.53. The highest BCUT2D eigenvalue weighted by Crippen LogP contribution is 2.37. The number of rotatable bonds is 6. The molecule has 1 amide bonds. The van der Waals surface area contributed by atoms with Gasteiger partial charge in [0, 0.05) is 6.04 Å². The van der Waals surface area contributed by atoms with Crippen LogP contribution in [0.4, 0.5) is 17.6 Å². The number of amides is 1. The van der Waals surface area contributed by atoms with E-state index in [-0.39, 0.29) is 18.4 Å². The smallest absolute Gasteiger partial charge is 0.346 e. The third-order valence-electron chi connectivity index (χ3n) is 3.82. The van der Waals surface area contributed by atoms with Gasteiger partial charge in [-0.25, -0.2) is 4.39 Å². The van der Waals surface area contributed by atoms with Gasteiger partial charge in [-0.2, -0.15) is 13.2 Å². The van der Waals surface area contributed by atoms with Crippen molar-refractivity contribution < 1.29 is 22.4 Å². The number of hydrogen-bond donors (Lipinski definition) is 2. The lowest BCUT2D eigenvalue weighted by Crippen LogP contribution is -2.42. The summed E-state index contributed by atoms with van der Waals surface area (Å²) in [5, 5.41) is 4.82. The molecule has 122 valence electrons. The van der Waals surface area contributed by atoms with Crippen LogP contribution in [-0.4, -0.2) is 25.2 Å². The fraction of sp³-hybridized carbons (Fsp3) is 0.533. The van der Waals surface area contributed by atoms with E-state index in [4.69, 9.17) is 0 Å². The monoisotopic (exact) mass is 318 g/mol. The fourth-order valence-corrected chi connectivity index (χ4v) is 2.46. The molecule has 3 nitrogen and oxygen atoms in total. The molecule has 2 N–H and O–H groups in total. The van der Waals surface area contributed by atoms with Gasteiger partial charge >= 0.3 is 6.18 Å². The van der Waals surface area contributed by atoms with Gasteiger partial charge in [-0.1, -0.05) is 18.6 Å². The van der Waals surface area contributed by atoms with Crippen molar-refractivity contribution in [2.24, 2.45) is 5.92 Å². The summed E-state index contributed by atoms with van der Waals surface area (Å²) < 4.78 is 49.1. The van der Waals surface area contributed by atoms with Gasteiger partial charge in [-0.15, -0.1) is 0 Å². The van der Waals surface area contributed by atoms with Gasteiger partial charge in [0.2, 0.25) is 5.91 Å². The molecule has 1 atom stereocenters. The molecule has 7 heteroatoms. The second-order valence-corrected chi connectivity index (χ2v) is 5.49. The molecular formula is C15H18F4N2O. The highest BCUT2D eigenvalue weighted by atomic mass is 19.4. The number of hydrogen-bond acceptors (Lipinski definition) is 2. The van der Waals surface area contributed by atoms with E-state index in [0.717, 1.165) is 24.8 Å². The Hall–Kier alpha value is -1.63. The van der Waals surface area contributed by atoms with Crippen LogP contribution in [0.1, 0.15) is 30.9 Å². The van der Waals surface area contributed by atoms with Crippen LogP contribution in [0.5, 0.6) is 0 Å². The zero-order valence-corrected chi connectivity index (χ0v) is 11.9. The van der Waals surface area contributed by atoms with Gasteiger partial charge in [0.05, 0.1) is 6.54 Å². The minimum atomic E-state index is -4.42. The average Bonchev–Trinajstić information content (AvgIpc) is 2.39. The fourth-order valence-electron chi connectivity index (χ4n) is 2.46. The number of halogens is 4. The molecule has 0 unspecified atom stereocenters. The molecule has 22 heavy (non-hydrogen) atoms. The topological polar surface area (TPSA) is 41.1 Å². The van der Waals surface area contributed by atoms with Crippen LogP contribution in [-0.2, 0) is 4.79 Å². The van der Waals surface area contributed by atoms with E-state index in [0.29, 0.717) is 5.92 Å². The standard InChI is InChI=1S/C15H18F4N2O/c16-12-6-4-11(5-7-12)14(10-2-1-3-10)20-8-13(22)21-9-15(17,18)19/h4-7,10,14,20H,1-3,8-9H2,(H,21,22)/t14-/m0/s1. The van der Waals surface area contributed by atoms with Crippen molar-refractivity contribution in [3.63, 3.8) is 0 Å². The van der Waals surface area contributed by atoms with Gasteiger partial charge < -0.3 is 10.6 Å². The van der Waals surface area contributed by atoms with Crippen LogP contribution >= 0.6 is 0 Å². The predicted octanol–water partition coefficient (Wildman–Crippen LogP) is 2.94.